The SMILES string of the molecule is CCC1C(C)C1C(C)CC1C(C)CC1C(C)CC1C(C)C1C(C)CC1C(C)CC1C(C)C. The minimum atomic E-state index is 0.891. The van der Waals surface area contributed by atoms with Crippen LogP contribution in [0.4, 0.5) is 0 Å². The molecule has 0 aromatic heterocycles. The van der Waals surface area contributed by atoms with Crippen molar-refractivity contribution in [3.63, 3.8) is 0 Å². The van der Waals surface area contributed by atoms with Crippen molar-refractivity contribution in [2.45, 2.75) is 108 Å². The average molecular weight is 443 g/mol. The topological polar surface area (TPSA) is 0 Å². The quantitative estimate of drug-likeness (QED) is 0.299. The highest BCUT2D eigenvalue weighted by molar-refractivity contribution is 5.02. The van der Waals surface area contributed by atoms with E-state index in [9.17, 15) is 0 Å². The number of hydrogen-bond acceptors (Lipinski definition) is 0. The van der Waals surface area contributed by atoms with Crippen molar-refractivity contribution in [1.82, 2.24) is 0 Å². The molecule has 4 fully saturated rings. The Labute approximate surface area is 202 Å². The maximum atomic E-state index is 2.64. The van der Waals surface area contributed by atoms with Gasteiger partial charge in [0.15, 0.2) is 0 Å². The van der Waals surface area contributed by atoms with Gasteiger partial charge in [-0.3, -0.25) is 0 Å². The Bertz CT molecular complexity index is 620. The van der Waals surface area contributed by atoms with Crippen LogP contribution in [0.5, 0.6) is 0 Å². The van der Waals surface area contributed by atoms with Crippen LogP contribution in [0.1, 0.15) is 108 Å². The summed E-state index contributed by atoms with van der Waals surface area (Å²) < 4.78 is 0. The lowest BCUT2D eigenvalue weighted by molar-refractivity contribution is 0.0127. The van der Waals surface area contributed by atoms with Gasteiger partial charge in [-0.25, -0.2) is 0 Å². The van der Waals surface area contributed by atoms with Crippen LogP contribution in [0, 0.1) is 94.7 Å². The molecule has 4 aliphatic carbocycles. The van der Waals surface area contributed by atoms with Crippen molar-refractivity contribution in [3.8, 4) is 0 Å². The van der Waals surface area contributed by atoms with E-state index in [0.717, 1.165) is 94.7 Å². The lowest BCUT2D eigenvalue weighted by atomic mass is 9.57. The molecule has 15 unspecified atom stereocenters. The molecule has 0 radical (unpaired) electrons. The minimum absolute atomic E-state index is 0.891. The van der Waals surface area contributed by atoms with E-state index >= 15 is 0 Å². The van der Waals surface area contributed by atoms with Crippen molar-refractivity contribution >= 4 is 0 Å². The smallest absolute Gasteiger partial charge is 0.0329 e. The first kappa shape index (κ1) is 25.1. The largest absolute Gasteiger partial charge is 0.0651 e. The average Bonchev–Trinajstić information content (AvgIpc) is 3.59. The molecule has 4 saturated carbocycles. The molecule has 0 saturated heterocycles. The van der Waals surface area contributed by atoms with Gasteiger partial charge in [-0.2, -0.15) is 0 Å². The molecular formula is C32H58. The van der Waals surface area contributed by atoms with Gasteiger partial charge in [-0.15, -0.1) is 0 Å². The van der Waals surface area contributed by atoms with Crippen LogP contribution in [0.25, 0.3) is 0 Å². The third-order valence-electron chi connectivity index (χ3n) is 12.4. The minimum Gasteiger partial charge on any atom is -0.0651 e. The zero-order chi connectivity index (χ0) is 23.5. The Morgan fingerprint density at radius 1 is 0.562 bits per heavy atom. The van der Waals surface area contributed by atoms with Gasteiger partial charge < -0.3 is 0 Å². The Balaban J connectivity index is 1.25. The lowest BCUT2D eigenvalue weighted by Crippen LogP contribution is -2.40. The maximum Gasteiger partial charge on any atom is -0.0329 e. The summed E-state index contributed by atoms with van der Waals surface area (Å²) in [6.07, 6.45) is 9.00. The molecule has 0 nitrogen and oxygen atoms in total. The molecule has 4 rings (SSSR count). The van der Waals surface area contributed by atoms with Gasteiger partial charge in [0.2, 0.25) is 0 Å². The summed E-state index contributed by atoms with van der Waals surface area (Å²) >= 11 is 0. The van der Waals surface area contributed by atoms with Gasteiger partial charge in [0.25, 0.3) is 0 Å². The highest BCUT2D eigenvalue weighted by Crippen LogP contribution is 2.61. The molecule has 32 heavy (non-hydrogen) atoms. The molecule has 0 spiro atoms. The molecule has 0 aromatic rings. The van der Waals surface area contributed by atoms with Crippen LogP contribution in [0.15, 0.2) is 0 Å². The predicted octanol–water partition coefficient (Wildman–Crippen LogP) is 9.44. The standard InChI is InChI=1S/C32H58/c1-11-25-23(9)31(25)21(7)16-29-19(5)13-28(29)20(6)14-30-24(10)32(30)22(8)15-27-18(4)12-26(27)17(2)3/h17-32H,11-16H2,1-10H3. The van der Waals surface area contributed by atoms with Crippen LogP contribution < -0.4 is 0 Å². The second-order valence-electron chi connectivity index (χ2n) is 14.6. The van der Waals surface area contributed by atoms with E-state index in [1.165, 1.54) is 38.5 Å². The maximum absolute atomic E-state index is 2.64. The molecule has 0 N–H and O–H groups in total. The molecule has 0 heterocycles. The van der Waals surface area contributed by atoms with E-state index in [-0.39, 0.29) is 0 Å². The van der Waals surface area contributed by atoms with Crippen molar-refractivity contribution in [2.24, 2.45) is 94.7 Å². The van der Waals surface area contributed by atoms with Gasteiger partial charge in [0.1, 0.15) is 0 Å². The lowest BCUT2D eigenvalue weighted by Gasteiger charge is -2.48. The molecule has 186 valence electrons. The molecule has 0 aliphatic heterocycles. The van der Waals surface area contributed by atoms with Crippen LogP contribution in [-0.4, -0.2) is 0 Å². The van der Waals surface area contributed by atoms with E-state index < -0.39 is 0 Å². The second kappa shape index (κ2) is 9.57. The van der Waals surface area contributed by atoms with E-state index in [1.807, 2.05) is 0 Å². The summed E-state index contributed by atoms with van der Waals surface area (Å²) in [6, 6.07) is 0. The molecule has 15 atom stereocenters. The van der Waals surface area contributed by atoms with Gasteiger partial charge in [0, 0.05) is 0 Å². The first-order valence-electron chi connectivity index (χ1n) is 15.1. The summed E-state index contributed by atoms with van der Waals surface area (Å²) in [4.78, 5) is 0. The molecule has 0 aromatic carbocycles. The number of rotatable bonds is 11. The zero-order valence-corrected chi connectivity index (χ0v) is 23.5. The summed E-state index contributed by atoms with van der Waals surface area (Å²) in [6.45, 7) is 25.4. The third-order valence-corrected chi connectivity index (χ3v) is 12.4. The molecule has 0 amide bonds. The van der Waals surface area contributed by atoms with E-state index in [0.29, 0.717) is 0 Å². The Morgan fingerprint density at radius 2 is 1.00 bits per heavy atom. The van der Waals surface area contributed by atoms with Crippen molar-refractivity contribution in [3.05, 3.63) is 0 Å². The fourth-order valence-electron chi connectivity index (χ4n) is 10.1. The normalized spacial score (nSPS) is 50.3. The van der Waals surface area contributed by atoms with E-state index in [1.54, 1.807) is 0 Å². The molecule has 0 bridgehead atoms. The van der Waals surface area contributed by atoms with Crippen LogP contribution in [0.3, 0.4) is 0 Å². The Kier molecular flexibility index (Phi) is 7.51. The molecule has 4 aliphatic rings. The highest BCUT2D eigenvalue weighted by Gasteiger charge is 2.54. The summed E-state index contributed by atoms with van der Waals surface area (Å²) in [7, 11) is 0. The zero-order valence-electron chi connectivity index (χ0n) is 23.5. The summed E-state index contributed by atoms with van der Waals surface area (Å²) in [5, 5.41) is 0. The van der Waals surface area contributed by atoms with Crippen LogP contribution >= 0.6 is 0 Å². The van der Waals surface area contributed by atoms with Crippen LogP contribution in [0.2, 0.25) is 0 Å². The monoisotopic (exact) mass is 442 g/mol. The Morgan fingerprint density at radius 3 is 1.47 bits per heavy atom. The predicted molar refractivity (Wildman–Crippen MR) is 140 cm³/mol. The van der Waals surface area contributed by atoms with Gasteiger partial charge in [-0.1, -0.05) is 75.7 Å². The molecule has 0 heteroatoms. The van der Waals surface area contributed by atoms with Crippen molar-refractivity contribution in [1.29, 1.82) is 0 Å². The molecular weight excluding hydrogens is 384 g/mol. The van der Waals surface area contributed by atoms with Gasteiger partial charge >= 0.3 is 0 Å². The van der Waals surface area contributed by atoms with Gasteiger partial charge in [0.05, 0.1) is 0 Å². The van der Waals surface area contributed by atoms with Crippen molar-refractivity contribution in [2.75, 3.05) is 0 Å². The third kappa shape index (κ3) is 4.61. The fourth-order valence-corrected chi connectivity index (χ4v) is 10.1. The summed E-state index contributed by atoms with van der Waals surface area (Å²) in [5.41, 5.74) is 0. The highest BCUT2D eigenvalue weighted by atomic mass is 14.6. The number of hydrogen-bond donors (Lipinski definition) is 0. The Hall–Kier alpha value is 0. The van der Waals surface area contributed by atoms with Crippen molar-refractivity contribution < 1.29 is 0 Å². The van der Waals surface area contributed by atoms with Gasteiger partial charge in [-0.05, 0) is 127 Å². The first-order valence-corrected chi connectivity index (χ1v) is 15.1. The fraction of sp³-hybridized carbons (Fsp3) is 1.00. The van der Waals surface area contributed by atoms with E-state index in [4.69, 9.17) is 0 Å². The second-order valence-corrected chi connectivity index (χ2v) is 14.6. The first-order chi connectivity index (χ1) is 15.1. The van der Waals surface area contributed by atoms with E-state index in [2.05, 4.69) is 69.2 Å². The van der Waals surface area contributed by atoms with Crippen LogP contribution in [-0.2, 0) is 0 Å². The summed E-state index contributed by atoms with van der Waals surface area (Å²) in [5.74, 6) is 16.0.